The van der Waals surface area contributed by atoms with E-state index in [4.69, 9.17) is 5.11 Å². The number of aliphatic hydroxyl groups excluding tert-OH is 1. The summed E-state index contributed by atoms with van der Waals surface area (Å²) < 4.78 is 37.6. The summed E-state index contributed by atoms with van der Waals surface area (Å²) in [6.07, 6.45) is -4.39. The summed E-state index contributed by atoms with van der Waals surface area (Å²) in [6, 6.07) is 2.82. The molecule has 0 fully saturated rings. The molecular weight excluding hydrogens is 193 g/mol. The molecule has 0 saturated heterocycles. The molecule has 0 aromatic heterocycles. The molecule has 0 aliphatic rings. The van der Waals surface area contributed by atoms with Gasteiger partial charge in [0.1, 0.15) is 0 Å². The summed E-state index contributed by atoms with van der Waals surface area (Å²) >= 11 is 0. The number of halogens is 3. The molecule has 0 amide bonds. The molecular formula is C10H11F3O. The average Bonchev–Trinajstić information content (AvgIpc) is 1.99. The molecule has 1 N–H and O–H groups in total. The van der Waals surface area contributed by atoms with Gasteiger partial charge in [-0.1, -0.05) is 17.7 Å². The van der Waals surface area contributed by atoms with Gasteiger partial charge < -0.3 is 5.11 Å². The first-order valence-corrected chi connectivity index (χ1v) is 4.14. The largest absolute Gasteiger partial charge is 0.417 e. The Bertz CT molecular complexity index is 342. The Morgan fingerprint density at radius 1 is 1.21 bits per heavy atom. The van der Waals surface area contributed by atoms with Crippen LogP contribution in [0.3, 0.4) is 0 Å². The van der Waals surface area contributed by atoms with Crippen LogP contribution in [0.15, 0.2) is 12.1 Å². The quantitative estimate of drug-likeness (QED) is 0.745. The van der Waals surface area contributed by atoms with Gasteiger partial charge in [0.15, 0.2) is 0 Å². The molecule has 14 heavy (non-hydrogen) atoms. The van der Waals surface area contributed by atoms with Crippen molar-refractivity contribution in [1.29, 1.82) is 0 Å². The van der Waals surface area contributed by atoms with Gasteiger partial charge in [0, 0.05) is 0 Å². The SMILES string of the molecule is Cc1cc(C)c(C(F)(F)F)c(CO)c1. The molecule has 4 heteroatoms. The van der Waals surface area contributed by atoms with Crippen molar-refractivity contribution >= 4 is 0 Å². The fraction of sp³-hybridized carbons (Fsp3) is 0.400. The van der Waals surface area contributed by atoms with E-state index in [1.54, 1.807) is 6.92 Å². The highest BCUT2D eigenvalue weighted by molar-refractivity contribution is 5.39. The van der Waals surface area contributed by atoms with Crippen LogP contribution < -0.4 is 0 Å². The van der Waals surface area contributed by atoms with Crippen molar-refractivity contribution in [2.75, 3.05) is 0 Å². The third-order valence-corrected chi connectivity index (χ3v) is 2.02. The lowest BCUT2D eigenvalue weighted by Crippen LogP contribution is -2.12. The van der Waals surface area contributed by atoms with Crippen LogP contribution in [-0.4, -0.2) is 5.11 Å². The van der Waals surface area contributed by atoms with Crippen LogP contribution in [0.5, 0.6) is 0 Å². The Morgan fingerprint density at radius 2 is 1.79 bits per heavy atom. The Balaban J connectivity index is 3.40. The second-order valence-electron chi connectivity index (χ2n) is 3.27. The lowest BCUT2D eigenvalue weighted by molar-refractivity contribution is -0.139. The summed E-state index contributed by atoms with van der Waals surface area (Å²) in [5, 5.41) is 8.83. The minimum atomic E-state index is -4.39. The highest BCUT2D eigenvalue weighted by Gasteiger charge is 2.34. The van der Waals surface area contributed by atoms with E-state index in [-0.39, 0.29) is 11.1 Å². The Kier molecular flexibility index (Phi) is 2.85. The van der Waals surface area contributed by atoms with E-state index in [1.165, 1.54) is 19.1 Å². The minimum absolute atomic E-state index is 0.0602. The maximum Gasteiger partial charge on any atom is 0.417 e. The molecule has 0 bridgehead atoms. The highest BCUT2D eigenvalue weighted by Crippen LogP contribution is 2.35. The van der Waals surface area contributed by atoms with Crippen molar-refractivity contribution in [3.63, 3.8) is 0 Å². The lowest BCUT2D eigenvalue weighted by Gasteiger charge is -2.15. The van der Waals surface area contributed by atoms with Crippen molar-refractivity contribution in [3.8, 4) is 0 Å². The van der Waals surface area contributed by atoms with E-state index in [1.807, 2.05) is 0 Å². The van der Waals surface area contributed by atoms with Gasteiger partial charge in [0.25, 0.3) is 0 Å². The zero-order chi connectivity index (χ0) is 10.9. The molecule has 1 rings (SSSR count). The van der Waals surface area contributed by atoms with Crippen LogP contribution in [-0.2, 0) is 12.8 Å². The third-order valence-electron chi connectivity index (χ3n) is 2.02. The predicted octanol–water partition coefficient (Wildman–Crippen LogP) is 2.81. The molecule has 0 unspecified atom stereocenters. The van der Waals surface area contributed by atoms with E-state index in [0.717, 1.165) is 5.56 Å². The number of benzene rings is 1. The van der Waals surface area contributed by atoms with Crippen LogP contribution >= 0.6 is 0 Å². The average molecular weight is 204 g/mol. The summed E-state index contributed by atoms with van der Waals surface area (Å²) in [5.41, 5.74) is 0.0988. The van der Waals surface area contributed by atoms with Gasteiger partial charge in [-0.3, -0.25) is 0 Å². The van der Waals surface area contributed by atoms with Gasteiger partial charge in [-0.05, 0) is 25.0 Å². The van der Waals surface area contributed by atoms with Crippen molar-refractivity contribution in [3.05, 3.63) is 34.4 Å². The first-order chi connectivity index (χ1) is 6.36. The maximum atomic E-state index is 12.5. The van der Waals surface area contributed by atoms with Crippen LogP contribution in [0, 0.1) is 13.8 Å². The molecule has 0 heterocycles. The lowest BCUT2D eigenvalue weighted by atomic mass is 9.99. The zero-order valence-electron chi connectivity index (χ0n) is 7.94. The molecule has 0 atom stereocenters. The first-order valence-electron chi connectivity index (χ1n) is 4.14. The second-order valence-corrected chi connectivity index (χ2v) is 3.27. The maximum absolute atomic E-state index is 12.5. The first kappa shape index (κ1) is 11.0. The Hall–Kier alpha value is -1.03. The topological polar surface area (TPSA) is 20.2 Å². The summed E-state index contributed by atoms with van der Waals surface area (Å²) in [4.78, 5) is 0. The van der Waals surface area contributed by atoms with Gasteiger partial charge in [-0.15, -0.1) is 0 Å². The number of alkyl halides is 3. The van der Waals surface area contributed by atoms with Crippen molar-refractivity contribution in [2.24, 2.45) is 0 Å². The summed E-state index contributed by atoms with van der Waals surface area (Å²) in [7, 11) is 0. The van der Waals surface area contributed by atoms with Crippen LogP contribution in [0.25, 0.3) is 0 Å². The number of hydrogen-bond donors (Lipinski definition) is 1. The molecule has 0 aliphatic carbocycles. The number of hydrogen-bond acceptors (Lipinski definition) is 1. The highest BCUT2D eigenvalue weighted by atomic mass is 19.4. The van der Waals surface area contributed by atoms with Crippen molar-refractivity contribution in [1.82, 2.24) is 0 Å². The molecule has 1 aromatic carbocycles. The molecule has 78 valence electrons. The normalized spacial score (nSPS) is 11.9. The van der Waals surface area contributed by atoms with Crippen molar-refractivity contribution < 1.29 is 18.3 Å². The van der Waals surface area contributed by atoms with E-state index in [9.17, 15) is 13.2 Å². The smallest absolute Gasteiger partial charge is 0.392 e. The molecule has 0 saturated carbocycles. The predicted molar refractivity (Wildman–Crippen MR) is 46.8 cm³/mol. The van der Waals surface area contributed by atoms with E-state index >= 15 is 0 Å². The number of aryl methyl sites for hydroxylation is 2. The molecule has 1 nitrogen and oxygen atoms in total. The van der Waals surface area contributed by atoms with Gasteiger partial charge in [-0.25, -0.2) is 0 Å². The third kappa shape index (κ3) is 2.07. The van der Waals surface area contributed by atoms with E-state index < -0.39 is 18.3 Å². The van der Waals surface area contributed by atoms with Gasteiger partial charge in [-0.2, -0.15) is 13.2 Å². The summed E-state index contributed by atoms with van der Waals surface area (Å²) in [5.74, 6) is 0. The zero-order valence-corrected chi connectivity index (χ0v) is 7.94. The van der Waals surface area contributed by atoms with Crippen LogP contribution in [0.1, 0.15) is 22.3 Å². The van der Waals surface area contributed by atoms with Crippen molar-refractivity contribution in [2.45, 2.75) is 26.6 Å². The van der Waals surface area contributed by atoms with E-state index in [0.29, 0.717) is 0 Å². The fourth-order valence-electron chi connectivity index (χ4n) is 1.59. The summed E-state index contributed by atoms with van der Waals surface area (Å²) in [6.45, 7) is 2.51. The van der Waals surface area contributed by atoms with Gasteiger partial charge >= 0.3 is 6.18 Å². The Labute approximate surface area is 80.2 Å². The standard InChI is InChI=1S/C10H11F3O/c1-6-3-7(2)9(10(11,12)13)8(4-6)5-14/h3-4,14H,5H2,1-2H3. The fourth-order valence-corrected chi connectivity index (χ4v) is 1.59. The minimum Gasteiger partial charge on any atom is -0.392 e. The Morgan fingerprint density at radius 3 is 2.21 bits per heavy atom. The molecule has 1 aromatic rings. The number of aliphatic hydroxyl groups is 1. The van der Waals surface area contributed by atoms with Gasteiger partial charge in [0.2, 0.25) is 0 Å². The monoisotopic (exact) mass is 204 g/mol. The molecule has 0 aliphatic heterocycles. The molecule has 0 radical (unpaired) electrons. The van der Waals surface area contributed by atoms with Gasteiger partial charge in [0.05, 0.1) is 12.2 Å². The van der Waals surface area contributed by atoms with Crippen LogP contribution in [0.4, 0.5) is 13.2 Å². The van der Waals surface area contributed by atoms with Crippen LogP contribution in [0.2, 0.25) is 0 Å². The number of rotatable bonds is 1. The van der Waals surface area contributed by atoms with E-state index in [2.05, 4.69) is 0 Å². The molecule has 0 spiro atoms. The second kappa shape index (κ2) is 3.61.